The third-order valence-electron chi connectivity index (χ3n) is 4.36. The molecule has 0 saturated carbocycles. The normalized spacial score (nSPS) is 11.0. The Kier molecular flexibility index (Phi) is 7.80. The number of hydrogen-bond donors (Lipinski definition) is 1. The van der Waals surface area contributed by atoms with Gasteiger partial charge in [-0.3, -0.25) is 14.9 Å². The van der Waals surface area contributed by atoms with Crippen LogP contribution >= 0.6 is 23.4 Å². The number of aromatic nitrogens is 3. The van der Waals surface area contributed by atoms with Crippen LogP contribution in [0.1, 0.15) is 23.9 Å². The fourth-order valence-electron chi connectivity index (χ4n) is 2.74. The second-order valence-electron chi connectivity index (χ2n) is 6.43. The first-order valence-corrected chi connectivity index (χ1v) is 10.8. The SMILES string of the molecule is CCn1c(CNC(=O)C=Cc2ccccc2Cl)nnc1SCc1ccc([N+](=O)[O-])cc1. The summed E-state index contributed by atoms with van der Waals surface area (Å²) in [6.45, 7) is 2.86. The summed E-state index contributed by atoms with van der Waals surface area (Å²) in [6, 6.07) is 13.7. The van der Waals surface area contributed by atoms with E-state index in [4.69, 9.17) is 11.6 Å². The number of benzene rings is 2. The van der Waals surface area contributed by atoms with Crippen molar-refractivity contribution in [3.8, 4) is 0 Å². The first kappa shape index (κ1) is 22.5. The number of nitro groups is 1. The predicted molar refractivity (Wildman–Crippen MR) is 121 cm³/mol. The van der Waals surface area contributed by atoms with E-state index >= 15 is 0 Å². The first-order chi connectivity index (χ1) is 15.0. The number of carbonyl (C=O) groups is 1. The molecule has 8 nitrogen and oxygen atoms in total. The summed E-state index contributed by atoms with van der Waals surface area (Å²) in [4.78, 5) is 22.5. The van der Waals surface area contributed by atoms with E-state index in [2.05, 4.69) is 15.5 Å². The van der Waals surface area contributed by atoms with Crippen molar-refractivity contribution < 1.29 is 9.72 Å². The van der Waals surface area contributed by atoms with Crippen molar-refractivity contribution in [2.45, 2.75) is 30.9 Å². The Morgan fingerprint density at radius 2 is 1.97 bits per heavy atom. The molecule has 3 aromatic rings. The van der Waals surface area contributed by atoms with E-state index in [0.717, 1.165) is 16.3 Å². The van der Waals surface area contributed by atoms with E-state index in [9.17, 15) is 14.9 Å². The molecule has 160 valence electrons. The Hall–Kier alpha value is -3.17. The Morgan fingerprint density at radius 1 is 1.23 bits per heavy atom. The highest BCUT2D eigenvalue weighted by molar-refractivity contribution is 7.98. The second-order valence-corrected chi connectivity index (χ2v) is 7.78. The molecule has 1 N–H and O–H groups in total. The highest BCUT2D eigenvalue weighted by atomic mass is 35.5. The van der Waals surface area contributed by atoms with Gasteiger partial charge in [0.2, 0.25) is 5.91 Å². The Morgan fingerprint density at radius 3 is 2.65 bits per heavy atom. The lowest BCUT2D eigenvalue weighted by Crippen LogP contribution is -2.22. The largest absolute Gasteiger partial charge is 0.345 e. The number of hydrogen-bond acceptors (Lipinski definition) is 6. The topological polar surface area (TPSA) is 103 Å². The molecule has 2 aromatic carbocycles. The van der Waals surface area contributed by atoms with Crippen molar-refractivity contribution in [2.75, 3.05) is 0 Å². The number of thioether (sulfide) groups is 1. The fourth-order valence-corrected chi connectivity index (χ4v) is 3.91. The van der Waals surface area contributed by atoms with Gasteiger partial charge >= 0.3 is 0 Å². The number of rotatable bonds is 9. The van der Waals surface area contributed by atoms with E-state index in [1.165, 1.54) is 30.0 Å². The quantitative estimate of drug-likeness (QED) is 0.220. The van der Waals surface area contributed by atoms with Crippen molar-refractivity contribution >= 4 is 41.0 Å². The van der Waals surface area contributed by atoms with Crippen LogP contribution in [-0.2, 0) is 23.6 Å². The van der Waals surface area contributed by atoms with Crippen molar-refractivity contribution in [3.05, 3.63) is 86.7 Å². The van der Waals surface area contributed by atoms with E-state index < -0.39 is 4.92 Å². The van der Waals surface area contributed by atoms with Gasteiger partial charge in [0.15, 0.2) is 11.0 Å². The zero-order valence-electron chi connectivity index (χ0n) is 16.7. The molecule has 31 heavy (non-hydrogen) atoms. The zero-order valence-corrected chi connectivity index (χ0v) is 18.3. The van der Waals surface area contributed by atoms with Crippen LogP contribution in [0, 0.1) is 10.1 Å². The average Bonchev–Trinajstić information content (AvgIpc) is 3.17. The maximum absolute atomic E-state index is 12.1. The van der Waals surface area contributed by atoms with Crippen molar-refractivity contribution in [1.29, 1.82) is 0 Å². The van der Waals surface area contributed by atoms with Gasteiger partial charge in [-0.25, -0.2) is 0 Å². The maximum Gasteiger partial charge on any atom is 0.269 e. The summed E-state index contributed by atoms with van der Waals surface area (Å²) in [6.07, 6.45) is 3.09. The number of nitrogens with one attached hydrogen (secondary N) is 1. The van der Waals surface area contributed by atoms with Gasteiger partial charge in [0, 0.05) is 35.5 Å². The van der Waals surface area contributed by atoms with Gasteiger partial charge in [0.05, 0.1) is 11.5 Å². The molecule has 0 bridgehead atoms. The van der Waals surface area contributed by atoms with E-state index in [0.29, 0.717) is 23.1 Å². The highest BCUT2D eigenvalue weighted by Crippen LogP contribution is 2.23. The van der Waals surface area contributed by atoms with Crippen LogP contribution < -0.4 is 5.32 Å². The monoisotopic (exact) mass is 457 g/mol. The minimum Gasteiger partial charge on any atom is -0.345 e. The summed E-state index contributed by atoms with van der Waals surface area (Å²) >= 11 is 7.56. The molecule has 3 rings (SSSR count). The molecule has 0 unspecified atom stereocenters. The third-order valence-corrected chi connectivity index (χ3v) is 5.75. The Bertz CT molecular complexity index is 1100. The van der Waals surface area contributed by atoms with Crippen LogP contribution in [0.25, 0.3) is 6.08 Å². The molecular weight excluding hydrogens is 438 g/mol. The summed E-state index contributed by atoms with van der Waals surface area (Å²) in [7, 11) is 0. The van der Waals surface area contributed by atoms with E-state index in [1.807, 2.05) is 29.7 Å². The lowest BCUT2D eigenvalue weighted by Gasteiger charge is -2.08. The van der Waals surface area contributed by atoms with Gasteiger partial charge in [0.25, 0.3) is 5.69 Å². The number of nitro benzene ring substituents is 1. The number of halogens is 1. The molecule has 0 aliphatic rings. The molecule has 0 radical (unpaired) electrons. The number of non-ortho nitro benzene ring substituents is 1. The fraction of sp³-hybridized carbons (Fsp3) is 0.190. The van der Waals surface area contributed by atoms with Crippen molar-refractivity contribution in [1.82, 2.24) is 20.1 Å². The summed E-state index contributed by atoms with van der Waals surface area (Å²) in [5.74, 6) is 0.988. The van der Waals surface area contributed by atoms with Crippen LogP contribution in [0.3, 0.4) is 0 Å². The molecule has 0 aliphatic heterocycles. The van der Waals surface area contributed by atoms with Crippen LogP contribution in [-0.4, -0.2) is 25.6 Å². The van der Waals surface area contributed by atoms with Gasteiger partial charge in [-0.05, 0) is 30.2 Å². The smallest absolute Gasteiger partial charge is 0.269 e. The molecule has 10 heteroatoms. The number of nitrogens with zero attached hydrogens (tertiary/aromatic N) is 4. The third kappa shape index (κ3) is 6.16. The molecule has 0 atom stereocenters. The Labute approximate surface area is 188 Å². The van der Waals surface area contributed by atoms with Crippen LogP contribution in [0.5, 0.6) is 0 Å². The van der Waals surface area contributed by atoms with Crippen molar-refractivity contribution in [3.63, 3.8) is 0 Å². The first-order valence-electron chi connectivity index (χ1n) is 9.46. The van der Waals surface area contributed by atoms with Crippen LogP contribution in [0.15, 0.2) is 59.8 Å². The Balaban J connectivity index is 1.57. The lowest BCUT2D eigenvalue weighted by atomic mass is 10.2. The summed E-state index contributed by atoms with van der Waals surface area (Å²) in [5.41, 5.74) is 1.77. The molecule has 1 aromatic heterocycles. The van der Waals surface area contributed by atoms with E-state index in [-0.39, 0.29) is 18.1 Å². The molecule has 0 aliphatic carbocycles. The predicted octanol–water partition coefficient (Wildman–Crippen LogP) is 4.48. The van der Waals surface area contributed by atoms with E-state index in [1.54, 1.807) is 24.3 Å². The second kappa shape index (κ2) is 10.7. The molecule has 0 fully saturated rings. The molecule has 1 heterocycles. The van der Waals surface area contributed by atoms with Gasteiger partial charge < -0.3 is 9.88 Å². The molecular formula is C21H20ClN5O3S. The van der Waals surface area contributed by atoms with Crippen molar-refractivity contribution in [2.24, 2.45) is 0 Å². The molecule has 1 amide bonds. The number of amides is 1. The minimum atomic E-state index is -0.422. The maximum atomic E-state index is 12.1. The molecule has 0 saturated heterocycles. The lowest BCUT2D eigenvalue weighted by molar-refractivity contribution is -0.384. The summed E-state index contributed by atoms with van der Waals surface area (Å²) < 4.78 is 1.92. The minimum absolute atomic E-state index is 0.0621. The van der Waals surface area contributed by atoms with Crippen LogP contribution in [0.2, 0.25) is 5.02 Å². The molecule has 0 spiro atoms. The highest BCUT2D eigenvalue weighted by Gasteiger charge is 2.12. The van der Waals surface area contributed by atoms with Gasteiger partial charge in [-0.1, -0.05) is 53.7 Å². The standard InChI is InChI=1S/C21H20ClN5O3S/c1-2-26-19(13-23-20(28)12-9-16-5-3-4-6-18(16)22)24-25-21(26)31-14-15-7-10-17(11-8-15)27(29)30/h3-12H,2,13-14H2,1H3,(H,23,28). The number of carbonyl (C=O) groups excluding carboxylic acids is 1. The van der Waals surface area contributed by atoms with Gasteiger partial charge in [-0.2, -0.15) is 0 Å². The van der Waals surface area contributed by atoms with Gasteiger partial charge in [-0.15, -0.1) is 10.2 Å². The zero-order chi connectivity index (χ0) is 22.2. The van der Waals surface area contributed by atoms with Gasteiger partial charge in [0.1, 0.15) is 0 Å². The average molecular weight is 458 g/mol. The summed E-state index contributed by atoms with van der Waals surface area (Å²) in [5, 5.41) is 23.2. The van der Waals surface area contributed by atoms with Crippen LogP contribution in [0.4, 0.5) is 5.69 Å².